The van der Waals surface area contributed by atoms with Crippen molar-refractivity contribution < 1.29 is 23.9 Å². The van der Waals surface area contributed by atoms with Crippen LogP contribution in [0.2, 0.25) is 0 Å². The molecule has 0 fully saturated rings. The number of anilines is 2. The number of carbonyl (C=O) groups excluding carboxylic acids is 1. The summed E-state index contributed by atoms with van der Waals surface area (Å²) < 4.78 is 16.6. The van der Waals surface area contributed by atoms with Crippen molar-refractivity contribution in [1.29, 1.82) is 0 Å². The third kappa shape index (κ3) is 3.96. The van der Waals surface area contributed by atoms with Crippen molar-refractivity contribution in [2.45, 2.75) is 6.92 Å². The molecule has 31 heavy (non-hydrogen) atoms. The van der Waals surface area contributed by atoms with E-state index < -0.39 is 5.91 Å². The minimum Gasteiger partial charge on any atom is -0.493 e. The Balaban J connectivity index is 1.83. The normalized spacial score (nSPS) is 10.7. The van der Waals surface area contributed by atoms with Crippen LogP contribution >= 0.6 is 0 Å². The van der Waals surface area contributed by atoms with Crippen LogP contribution in [0.25, 0.3) is 22.4 Å². The molecule has 0 radical (unpaired) electrons. The summed E-state index contributed by atoms with van der Waals surface area (Å²) in [6, 6.07) is 9.08. The Morgan fingerprint density at radius 3 is 2.39 bits per heavy atom. The Hall–Kier alpha value is -4.18. The van der Waals surface area contributed by atoms with Gasteiger partial charge in [0.2, 0.25) is 5.95 Å². The maximum Gasteiger partial charge on any atom is 0.277 e. The SMILES string of the molecule is COc1cc2nc(-c3ccc(C)o3)cc(Nc3ncc(C(=O)NO)cn3)c2cc1OC. The second kappa shape index (κ2) is 8.28. The number of methoxy groups -OCH3 is 2. The number of amides is 1. The summed E-state index contributed by atoms with van der Waals surface area (Å²) in [5.41, 5.74) is 3.55. The number of aryl methyl sites for hydroxylation is 1. The number of pyridine rings is 1. The predicted molar refractivity (Wildman–Crippen MR) is 112 cm³/mol. The number of benzene rings is 1. The molecule has 0 aliphatic heterocycles. The lowest BCUT2D eigenvalue weighted by molar-refractivity contribution is 0.0705. The lowest BCUT2D eigenvalue weighted by atomic mass is 10.1. The Morgan fingerprint density at radius 1 is 1.06 bits per heavy atom. The van der Waals surface area contributed by atoms with Crippen molar-refractivity contribution in [3.05, 3.63) is 54.0 Å². The first-order chi connectivity index (χ1) is 15.0. The Labute approximate surface area is 176 Å². The van der Waals surface area contributed by atoms with Gasteiger partial charge in [0.1, 0.15) is 11.5 Å². The lowest BCUT2D eigenvalue weighted by Crippen LogP contribution is -2.19. The van der Waals surface area contributed by atoms with Gasteiger partial charge < -0.3 is 19.2 Å². The highest BCUT2D eigenvalue weighted by Gasteiger charge is 2.15. The van der Waals surface area contributed by atoms with Gasteiger partial charge in [-0.05, 0) is 31.2 Å². The molecular weight excluding hydrogens is 402 g/mol. The molecule has 10 heteroatoms. The van der Waals surface area contributed by atoms with Crippen LogP contribution in [0.15, 0.2) is 47.1 Å². The number of hydrogen-bond donors (Lipinski definition) is 3. The molecule has 0 atom stereocenters. The van der Waals surface area contributed by atoms with Gasteiger partial charge in [-0.2, -0.15) is 0 Å². The van der Waals surface area contributed by atoms with Gasteiger partial charge in [0, 0.05) is 23.8 Å². The first-order valence-electron chi connectivity index (χ1n) is 9.19. The molecule has 4 aromatic rings. The Bertz CT molecular complexity index is 1250. The predicted octanol–water partition coefficient (Wildman–Crippen LogP) is 3.47. The largest absolute Gasteiger partial charge is 0.493 e. The minimum absolute atomic E-state index is 0.116. The van der Waals surface area contributed by atoms with E-state index in [2.05, 4.69) is 15.3 Å². The maximum absolute atomic E-state index is 11.5. The van der Waals surface area contributed by atoms with E-state index in [0.717, 1.165) is 11.1 Å². The fourth-order valence-corrected chi connectivity index (χ4v) is 3.05. The number of nitrogens with zero attached hydrogens (tertiary/aromatic N) is 3. The summed E-state index contributed by atoms with van der Waals surface area (Å²) in [7, 11) is 3.11. The van der Waals surface area contributed by atoms with E-state index in [1.165, 1.54) is 12.4 Å². The van der Waals surface area contributed by atoms with Crippen LogP contribution in [0, 0.1) is 6.92 Å². The summed E-state index contributed by atoms with van der Waals surface area (Å²) in [5, 5.41) is 12.6. The van der Waals surface area contributed by atoms with Gasteiger partial charge in [-0.25, -0.2) is 20.4 Å². The third-order valence-corrected chi connectivity index (χ3v) is 4.57. The van der Waals surface area contributed by atoms with Crippen LogP contribution < -0.4 is 20.3 Å². The number of nitrogens with one attached hydrogen (secondary N) is 2. The number of fused-ring (bicyclic) bond motifs is 1. The summed E-state index contributed by atoms with van der Waals surface area (Å²) >= 11 is 0. The lowest BCUT2D eigenvalue weighted by Gasteiger charge is -2.14. The summed E-state index contributed by atoms with van der Waals surface area (Å²) in [5.74, 6) is 1.99. The first-order valence-corrected chi connectivity index (χ1v) is 9.19. The van der Waals surface area contributed by atoms with Gasteiger partial charge in [0.15, 0.2) is 17.3 Å². The number of hydroxylamine groups is 1. The van der Waals surface area contributed by atoms with Crippen LogP contribution in [-0.4, -0.2) is 40.3 Å². The molecule has 158 valence electrons. The number of furan rings is 1. The van der Waals surface area contributed by atoms with E-state index in [0.29, 0.717) is 34.2 Å². The highest BCUT2D eigenvalue weighted by Crippen LogP contribution is 2.37. The van der Waals surface area contributed by atoms with Crippen molar-refractivity contribution in [2.75, 3.05) is 19.5 Å². The van der Waals surface area contributed by atoms with Gasteiger partial charge in [0.05, 0.1) is 31.0 Å². The molecule has 10 nitrogen and oxygen atoms in total. The molecule has 0 unspecified atom stereocenters. The van der Waals surface area contributed by atoms with Crippen LogP contribution in [0.3, 0.4) is 0 Å². The number of carbonyl (C=O) groups is 1. The van der Waals surface area contributed by atoms with Crippen LogP contribution in [0.4, 0.5) is 11.6 Å². The van der Waals surface area contributed by atoms with E-state index in [1.54, 1.807) is 31.8 Å². The zero-order valence-electron chi connectivity index (χ0n) is 17.0. The highest BCUT2D eigenvalue weighted by molar-refractivity contribution is 5.97. The number of ether oxygens (including phenoxy) is 2. The van der Waals surface area contributed by atoms with Crippen LogP contribution in [0.5, 0.6) is 11.5 Å². The van der Waals surface area contributed by atoms with Gasteiger partial charge in [-0.1, -0.05) is 0 Å². The molecule has 3 heterocycles. The monoisotopic (exact) mass is 421 g/mol. The summed E-state index contributed by atoms with van der Waals surface area (Å²) in [6.45, 7) is 1.86. The molecule has 3 N–H and O–H groups in total. The van der Waals surface area contributed by atoms with E-state index in [-0.39, 0.29) is 11.5 Å². The zero-order chi connectivity index (χ0) is 22.0. The van der Waals surface area contributed by atoms with E-state index in [4.69, 9.17) is 24.1 Å². The van der Waals surface area contributed by atoms with Crippen molar-refractivity contribution in [3.63, 3.8) is 0 Å². The second-order valence-corrected chi connectivity index (χ2v) is 6.55. The van der Waals surface area contributed by atoms with Crippen molar-refractivity contribution in [2.24, 2.45) is 0 Å². The van der Waals surface area contributed by atoms with Gasteiger partial charge in [-0.3, -0.25) is 10.0 Å². The zero-order valence-corrected chi connectivity index (χ0v) is 17.0. The van der Waals surface area contributed by atoms with Gasteiger partial charge in [-0.15, -0.1) is 0 Å². The molecule has 0 saturated carbocycles. The summed E-state index contributed by atoms with van der Waals surface area (Å²) in [4.78, 5) is 24.5. The van der Waals surface area contributed by atoms with Crippen molar-refractivity contribution >= 4 is 28.4 Å². The summed E-state index contributed by atoms with van der Waals surface area (Å²) in [6.07, 6.45) is 2.59. The van der Waals surface area contributed by atoms with Crippen molar-refractivity contribution in [3.8, 4) is 23.0 Å². The number of rotatable bonds is 6. The van der Waals surface area contributed by atoms with Gasteiger partial charge >= 0.3 is 0 Å². The number of aromatic nitrogens is 3. The molecule has 4 rings (SSSR count). The quantitative estimate of drug-likeness (QED) is 0.316. The average molecular weight is 421 g/mol. The molecule has 1 amide bonds. The fraction of sp³-hybridized carbons (Fsp3) is 0.143. The average Bonchev–Trinajstić information content (AvgIpc) is 3.24. The first kappa shape index (κ1) is 20.1. The molecule has 0 saturated heterocycles. The van der Waals surface area contributed by atoms with E-state index >= 15 is 0 Å². The molecule has 0 spiro atoms. The van der Waals surface area contributed by atoms with E-state index in [1.807, 2.05) is 25.1 Å². The van der Waals surface area contributed by atoms with Crippen LogP contribution in [-0.2, 0) is 0 Å². The van der Waals surface area contributed by atoms with Crippen LogP contribution in [0.1, 0.15) is 16.1 Å². The Kier molecular flexibility index (Phi) is 5.37. The maximum atomic E-state index is 11.5. The molecule has 1 aromatic carbocycles. The standard InChI is InChI=1S/C21H19N5O5/c1-11-4-5-17(31-11)16-7-14(25-21-22-9-12(10-23-21)20(27)26-28)13-6-18(29-2)19(30-3)8-15(13)24-16/h4-10,28H,1-3H3,(H,26,27)(H,22,23,24,25). The van der Waals surface area contributed by atoms with E-state index in [9.17, 15) is 4.79 Å². The molecule has 3 aromatic heterocycles. The minimum atomic E-state index is -0.701. The Morgan fingerprint density at radius 2 is 1.77 bits per heavy atom. The topological polar surface area (TPSA) is 132 Å². The molecule has 0 aliphatic rings. The second-order valence-electron chi connectivity index (χ2n) is 6.55. The third-order valence-electron chi connectivity index (χ3n) is 4.57. The smallest absolute Gasteiger partial charge is 0.277 e. The molecule has 0 bridgehead atoms. The van der Waals surface area contributed by atoms with Crippen molar-refractivity contribution in [1.82, 2.24) is 20.4 Å². The highest BCUT2D eigenvalue weighted by atomic mass is 16.5. The fourth-order valence-electron chi connectivity index (χ4n) is 3.05. The molecule has 0 aliphatic carbocycles. The number of hydrogen-bond acceptors (Lipinski definition) is 9. The molecular formula is C21H19N5O5. The van der Waals surface area contributed by atoms with Gasteiger partial charge in [0.25, 0.3) is 5.91 Å².